The summed E-state index contributed by atoms with van der Waals surface area (Å²) in [4.78, 5) is 21.3. The molecule has 2 N–H and O–H groups in total. The molecule has 0 unspecified atom stereocenters. The lowest BCUT2D eigenvalue weighted by atomic mass is 10.5. The highest BCUT2D eigenvalue weighted by Crippen LogP contribution is 2.24. The first kappa shape index (κ1) is 15.1. The zero-order valence-corrected chi connectivity index (χ0v) is 10.9. The number of aliphatic carboxylic acids is 2. The van der Waals surface area contributed by atoms with Gasteiger partial charge >= 0.3 is 11.9 Å². The number of thiophene rings is 1. The van der Waals surface area contributed by atoms with E-state index in [0.717, 1.165) is 6.07 Å². The summed E-state index contributed by atoms with van der Waals surface area (Å²) in [6.45, 7) is -1.93. The van der Waals surface area contributed by atoms with Crippen LogP contribution in [0.3, 0.4) is 0 Å². The zero-order chi connectivity index (χ0) is 14.6. The fourth-order valence-electron chi connectivity index (χ4n) is 1.17. The van der Waals surface area contributed by atoms with Crippen LogP contribution in [-0.2, 0) is 19.6 Å². The number of hydrogen-bond donors (Lipinski definition) is 2. The van der Waals surface area contributed by atoms with Crippen LogP contribution in [0, 0.1) is 11.3 Å². The minimum Gasteiger partial charge on any atom is -0.480 e. The largest absolute Gasteiger partial charge is 0.480 e. The molecule has 0 aromatic carbocycles. The van der Waals surface area contributed by atoms with Crippen LogP contribution in [0.4, 0.5) is 0 Å². The standard InChI is InChI=1S/C9H8N2O6S2/c10-3-6-1-2-9(18-6)19(16,17)11(4-7(12)13)5-8(14)15/h1-2H,4-5H2,(H,12,13)(H,14,15). The predicted molar refractivity (Wildman–Crippen MR) is 63.1 cm³/mol. The molecule has 0 amide bonds. The Morgan fingerprint density at radius 2 is 1.79 bits per heavy atom. The van der Waals surface area contributed by atoms with Crippen molar-refractivity contribution >= 4 is 33.3 Å². The Kier molecular flexibility index (Phi) is 4.60. The number of carboxylic acids is 2. The van der Waals surface area contributed by atoms with E-state index in [2.05, 4.69) is 0 Å². The van der Waals surface area contributed by atoms with Crippen LogP contribution in [0.25, 0.3) is 0 Å². The van der Waals surface area contributed by atoms with Gasteiger partial charge in [-0.05, 0) is 12.1 Å². The molecular weight excluding hydrogens is 296 g/mol. The van der Waals surface area contributed by atoms with Crippen molar-refractivity contribution in [2.75, 3.05) is 13.1 Å². The van der Waals surface area contributed by atoms with Crippen LogP contribution in [0.1, 0.15) is 4.88 Å². The molecule has 1 rings (SSSR count). The molecule has 10 heteroatoms. The van der Waals surface area contributed by atoms with Gasteiger partial charge in [0.2, 0.25) is 0 Å². The lowest BCUT2D eigenvalue weighted by Crippen LogP contribution is -2.39. The summed E-state index contributed by atoms with van der Waals surface area (Å²) >= 11 is 0.646. The maximum Gasteiger partial charge on any atom is 0.318 e. The second kappa shape index (κ2) is 5.79. The Labute approximate surface area is 112 Å². The molecule has 1 aromatic heterocycles. The maximum absolute atomic E-state index is 12.0. The number of carbonyl (C=O) groups is 2. The van der Waals surface area contributed by atoms with E-state index >= 15 is 0 Å². The predicted octanol–water partition coefficient (Wildman–Crippen LogP) is -0.220. The molecule has 8 nitrogen and oxygen atoms in total. The molecule has 0 aliphatic heterocycles. The minimum atomic E-state index is -4.24. The van der Waals surface area contributed by atoms with Crippen molar-refractivity contribution in [3.63, 3.8) is 0 Å². The average Bonchev–Trinajstić information content (AvgIpc) is 2.75. The Bertz CT molecular complexity index is 626. The Morgan fingerprint density at radius 3 is 2.16 bits per heavy atom. The highest BCUT2D eigenvalue weighted by molar-refractivity contribution is 7.91. The van der Waals surface area contributed by atoms with Gasteiger partial charge in [-0.25, -0.2) is 8.42 Å². The quantitative estimate of drug-likeness (QED) is 0.741. The summed E-state index contributed by atoms with van der Waals surface area (Å²) in [5.41, 5.74) is 0. The van der Waals surface area contributed by atoms with Crippen molar-refractivity contribution in [1.82, 2.24) is 4.31 Å². The van der Waals surface area contributed by atoms with Crippen LogP contribution in [0.15, 0.2) is 16.3 Å². The number of hydrogen-bond acceptors (Lipinski definition) is 6. The highest BCUT2D eigenvalue weighted by Gasteiger charge is 2.29. The molecule has 1 aromatic rings. The van der Waals surface area contributed by atoms with E-state index in [1.54, 1.807) is 6.07 Å². The number of sulfonamides is 1. The summed E-state index contributed by atoms with van der Waals surface area (Å²) in [6.07, 6.45) is 0. The van der Waals surface area contributed by atoms with Crippen LogP contribution >= 0.6 is 11.3 Å². The SMILES string of the molecule is N#Cc1ccc(S(=O)(=O)N(CC(=O)O)CC(=O)O)s1. The van der Waals surface area contributed by atoms with E-state index < -0.39 is 35.1 Å². The van der Waals surface area contributed by atoms with Crippen molar-refractivity contribution in [3.05, 3.63) is 17.0 Å². The lowest BCUT2D eigenvalue weighted by Gasteiger charge is -2.16. The molecular formula is C9H8N2O6S2. The van der Waals surface area contributed by atoms with Gasteiger partial charge in [-0.2, -0.15) is 9.57 Å². The zero-order valence-electron chi connectivity index (χ0n) is 9.31. The third-order valence-corrected chi connectivity index (χ3v) is 5.16. The summed E-state index contributed by atoms with van der Waals surface area (Å²) < 4.78 is 24.1. The average molecular weight is 304 g/mol. The minimum absolute atomic E-state index is 0.129. The van der Waals surface area contributed by atoms with E-state index in [-0.39, 0.29) is 9.09 Å². The smallest absolute Gasteiger partial charge is 0.318 e. The monoisotopic (exact) mass is 304 g/mol. The molecule has 0 spiro atoms. The first-order valence-corrected chi connectivity index (χ1v) is 6.96. The van der Waals surface area contributed by atoms with Gasteiger partial charge in [-0.15, -0.1) is 11.3 Å². The van der Waals surface area contributed by atoms with Crippen LogP contribution in [-0.4, -0.2) is 48.0 Å². The molecule has 0 aliphatic carbocycles. The fraction of sp³-hybridized carbons (Fsp3) is 0.222. The van der Waals surface area contributed by atoms with E-state index in [9.17, 15) is 18.0 Å². The van der Waals surface area contributed by atoms with Crippen molar-refractivity contribution in [3.8, 4) is 6.07 Å². The third kappa shape index (κ3) is 3.75. The molecule has 0 saturated heterocycles. The van der Waals surface area contributed by atoms with Gasteiger partial charge in [0.25, 0.3) is 10.0 Å². The van der Waals surface area contributed by atoms with Crippen molar-refractivity contribution in [1.29, 1.82) is 5.26 Å². The summed E-state index contributed by atoms with van der Waals surface area (Å²) in [5.74, 6) is -2.94. The number of nitrogens with zero attached hydrogens (tertiary/aromatic N) is 2. The third-order valence-electron chi connectivity index (χ3n) is 1.91. The molecule has 0 radical (unpaired) electrons. The summed E-state index contributed by atoms with van der Waals surface area (Å²) in [7, 11) is -4.24. The van der Waals surface area contributed by atoms with E-state index in [1.165, 1.54) is 6.07 Å². The second-order valence-electron chi connectivity index (χ2n) is 3.29. The molecule has 0 atom stereocenters. The number of carboxylic acid groups (broad SMARTS) is 2. The molecule has 0 bridgehead atoms. The van der Waals surface area contributed by atoms with Crippen LogP contribution < -0.4 is 0 Å². The van der Waals surface area contributed by atoms with E-state index in [4.69, 9.17) is 15.5 Å². The number of rotatable bonds is 6. The molecule has 102 valence electrons. The van der Waals surface area contributed by atoms with Gasteiger partial charge in [-0.1, -0.05) is 0 Å². The van der Waals surface area contributed by atoms with E-state index in [0.29, 0.717) is 15.6 Å². The first-order valence-electron chi connectivity index (χ1n) is 4.71. The van der Waals surface area contributed by atoms with Gasteiger partial charge in [0.05, 0.1) is 0 Å². The van der Waals surface area contributed by atoms with Gasteiger partial charge in [-0.3, -0.25) is 9.59 Å². The number of nitriles is 1. The molecule has 0 fully saturated rings. The normalized spacial score (nSPS) is 11.2. The summed E-state index contributed by atoms with van der Waals surface area (Å²) in [6, 6.07) is 4.14. The molecule has 1 heterocycles. The summed E-state index contributed by atoms with van der Waals surface area (Å²) in [5, 5.41) is 25.8. The Hall–Kier alpha value is -1.96. The fourth-order valence-corrected chi connectivity index (χ4v) is 3.77. The maximum atomic E-state index is 12.0. The Balaban J connectivity index is 3.15. The molecule has 0 aliphatic rings. The van der Waals surface area contributed by atoms with Gasteiger partial charge in [0.15, 0.2) is 0 Å². The molecule has 19 heavy (non-hydrogen) atoms. The van der Waals surface area contributed by atoms with Gasteiger partial charge in [0, 0.05) is 0 Å². The van der Waals surface area contributed by atoms with E-state index in [1.807, 2.05) is 0 Å². The van der Waals surface area contributed by atoms with Crippen molar-refractivity contribution < 1.29 is 28.2 Å². The topological polar surface area (TPSA) is 136 Å². The first-order chi connectivity index (χ1) is 8.77. The Morgan fingerprint density at radius 1 is 1.26 bits per heavy atom. The van der Waals surface area contributed by atoms with Crippen molar-refractivity contribution in [2.45, 2.75) is 4.21 Å². The lowest BCUT2D eigenvalue weighted by molar-refractivity contribution is -0.139. The van der Waals surface area contributed by atoms with Crippen LogP contribution in [0.2, 0.25) is 0 Å². The van der Waals surface area contributed by atoms with Crippen molar-refractivity contribution in [2.24, 2.45) is 0 Å². The second-order valence-corrected chi connectivity index (χ2v) is 6.54. The van der Waals surface area contributed by atoms with Gasteiger partial charge < -0.3 is 10.2 Å². The van der Waals surface area contributed by atoms with Crippen LogP contribution in [0.5, 0.6) is 0 Å². The molecule has 0 saturated carbocycles. The van der Waals surface area contributed by atoms with Gasteiger partial charge in [0.1, 0.15) is 28.2 Å². The highest BCUT2D eigenvalue weighted by atomic mass is 32.2.